The van der Waals surface area contributed by atoms with E-state index in [0.717, 1.165) is 5.56 Å². The molecule has 0 radical (unpaired) electrons. The molecule has 0 amide bonds. The summed E-state index contributed by atoms with van der Waals surface area (Å²) in [5.41, 5.74) is 1.16. The molecule has 0 saturated heterocycles. The number of phenols is 1. The number of nitrogens with one attached hydrogen (secondary N) is 1. The molecule has 0 aliphatic heterocycles. The maximum Gasteiger partial charge on any atom is 0.160 e. The Bertz CT molecular complexity index is 386. The SMILES string of the molecule is COc1cc(C(C)NC2CCCCC2)ccc1O. The van der Waals surface area contributed by atoms with Gasteiger partial charge in [0.1, 0.15) is 0 Å². The van der Waals surface area contributed by atoms with Crippen molar-refractivity contribution in [1.29, 1.82) is 0 Å². The fraction of sp³-hybridized carbons (Fsp3) is 0.600. The van der Waals surface area contributed by atoms with Gasteiger partial charge in [-0.15, -0.1) is 0 Å². The normalized spacial score (nSPS) is 18.6. The van der Waals surface area contributed by atoms with Gasteiger partial charge in [0.05, 0.1) is 7.11 Å². The zero-order valence-electron chi connectivity index (χ0n) is 11.3. The molecule has 0 bridgehead atoms. The maximum absolute atomic E-state index is 9.59. The topological polar surface area (TPSA) is 41.5 Å². The van der Waals surface area contributed by atoms with Gasteiger partial charge in [-0.2, -0.15) is 0 Å². The lowest BCUT2D eigenvalue weighted by Gasteiger charge is -2.27. The van der Waals surface area contributed by atoms with Crippen LogP contribution in [0.3, 0.4) is 0 Å². The Morgan fingerprint density at radius 1 is 1.28 bits per heavy atom. The van der Waals surface area contributed by atoms with E-state index in [1.165, 1.54) is 32.1 Å². The number of phenolic OH excluding ortho intramolecular Hbond substituents is 1. The second-order valence-electron chi connectivity index (χ2n) is 5.15. The van der Waals surface area contributed by atoms with Crippen molar-refractivity contribution in [3.05, 3.63) is 23.8 Å². The van der Waals surface area contributed by atoms with Gasteiger partial charge < -0.3 is 15.2 Å². The van der Waals surface area contributed by atoms with E-state index in [4.69, 9.17) is 4.74 Å². The molecule has 1 fully saturated rings. The van der Waals surface area contributed by atoms with Crippen LogP contribution in [0.15, 0.2) is 18.2 Å². The van der Waals surface area contributed by atoms with Crippen LogP contribution in [-0.4, -0.2) is 18.3 Å². The number of hydrogen-bond acceptors (Lipinski definition) is 3. The van der Waals surface area contributed by atoms with Crippen molar-refractivity contribution >= 4 is 0 Å². The summed E-state index contributed by atoms with van der Waals surface area (Å²) in [7, 11) is 1.58. The average molecular weight is 249 g/mol. The van der Waals surface area contributed by atoms with Crippen molar-refractivity contribution in [1.82, 2.24) is 5.32 Å². The number of ether oxygens (including phenoxy) is 1. The van der Waals surface area contributed by atoms with Gasteiger partial charge in [0.25, 0.3) is 0 Å². The van der Waals surface area contributed by atoms with Gasteiger partial charge in [0.2, 0.25) is 0 Å². The Balaban J connectivity index is 2.01. The van der Waals surface area contributed by atoms with Crippen LogP contribution in [0.4, 0.5) is 0 Å². The Labute approximate surface area is 109 Å². The third kappa shape index (κ3) is 3.16. The summed E-state index contributed by atoms with van der Waals surface area (Å²) in [5.74, 6) is 0.746. The predicted octanol–water partition coefficient (Wildman–Crippen LogP) is 3.38. The Morgan fingerprint density at radius 2 is 2.00 bits per heavy atom. The highest BCUT2D eigenvalue weighted by Crippen LogP contribution is 2.29. The first-order chi connectivity index (χ1) is 8.70. The molecular formula is C15H23NO2. The van der Waals surface area contributed by atoms with Crippen molar-refractivity contribution in [2.24, 2.45) is 0 Å². The third-order valence-corrected chi connectivity index (χ3v) is 3.79. The standard InChI is InChI=1S/C15H23NO2/c1-11(16-13-6-4-3-5-7-13)12-8-9-14(17)15(10-12)18-2/h8-11,13,16-17H,3-7H2,1-2H3. The molecule has 1 unspecified atom stereocenters. The first-order valence-electron chi connectivity index (χ1n) is 6.83. The maximum atomic E-state index is 9.59. The van der Waals surface area contributed by atoms with Crippen molar-refractivity contribution in [3.8, 4) is 11.5 Å². The summed E-state index contributed by atoms with van der Waals surface area (Å²) < 4.78 is 5.15. The predicted molar refractivity (Wildman–Crippen MR) is 73.1 cm³/mol. The van der Waals surface area contributed by atoms with Crippen molar-refractivity contribution in [2.75, 3.05) is 7.11 Å². The van der Waals surface area contributed by atoms with Gasteiger partial charge in [0.15, 0.2) is 11.5 Å². The Kier molecular flexibility index (Phi) is 4.48. The molecule has 100 valence electrons. The summed E-state index contributed by atoms with van der Waals surface area (Å²) in [4.78, 5) is 0. The monoisotopic (exact) mass is 249 g/mol. The molecule has 3 nitrogen and oxygen atoms in total. The third-order valence-electron chi connectivity index (χ3n) is 3.79. The van der Waals surface area contributed by atoms with Crippen molar-refractivity contribution in [2.45, 2.75) is 51.1 Å². The van der Waals surface area contributed by atoms with Gasteiger partial charge in [-0.1, -0.05) is 25.3 Å². The van der Waals surface area contributed by atoms with Crippen LogP contribution in [0, 0.1) is 0 Å². The second-order valence-corrected chi connectivity index (χ2v) is 5.15. The molecule has 1 aliphatic carbocycles. The summed E-state index contributed by atoms with van der Waals surface area (Å²) in [5, 5.41) is 13.3. The van der Waals surface area contributed by atoms with Crippen LogP contribution in [0.25, 0.3) is 0 Å². The molecule has 0 spiro atoms. The van der Waals surface area contributed by atoms with E-state index in [-0.39, 0.29) is 5.75 Å². The zero-order valence-corrected chi connectivity index (χ0v) is 11.3. The Morgan fingerprint density at radius 3 is 2.67 bits per heavy atom. The van der Waals surface area contributed by atoms with Crippen LogP contribution >= 0.6 is 0 Å². The Hall–Kier alpha value is -1.22. The quantitative estimate of drug-likeness (QED) is 0.859. The number of hydrogen-bond donors (Lipinski definition) is 2. The van der Waals surface area contributed by atoms with Crippen LogP contribution in [0.5, 0.6) is 11.5 Å². The fourth-order valence-electron chi connectivity index (χ4n) is 2.68. The van der Waals surface area contributed by atoms with Gasteiger partial charge in [0, 0.05) is 12.1 Å². The molecule has 1 saturated carbocycles. The van der Waals surface area contributed by atoms with E-state index < -0.39 is 0 Å². The zero-order chi connectivity index (χ0) is 13.0. The molecule has 3 heteroatoms. The highest BCUT2D eigenvalue weighted by atomic mass is 16.5. The van der Waals surface area contributed by atoms with Crippen LogP contribution < -0.4 is 10.1 Å². The molecule has 1 aliphatic rings. The van der Waals surface area contributed by atoms with E-state index in [1.807, 2.05) is 12.1 Å². The summed E-state index contributed by atoms with van der Waals surface area (Å²) in [6.45, 7) is 2.17. The van der Waals surface area contributed by atoms with Crippen molar-refractivity contribution < 1.29 is 9.84 Å². The molecule has 18 heavy (non-hydrogen) atoms. The van der Waals surface area contributed by atoms with Crippen LogP contribution in [0.1, 0.15) is 50.6 Å². The minimum Gasteiger partial charge on any atom is -0.504 e. The average Bonchev–Trinajstić information content (AvgIpc) is 2.40. The van der Waals surface area contributed by atoms with Gasteiger partial charge in [-0.3, -0.25) is 0 Å². The van der Waals surface area contributed by atoms with Gasteiger partial charge in [-0.25, -0.2) is 0 Å². The second kappa shape index (κ2) is 6.10. The van der Waals surface area contributed by atoms with Gasteiger partial charge >= 0.3 is 0 Å². The molecule has 2 N–H and O–H groups in total. The number of rotatable bonds is 4. The smallest absolute Gasteiger partial charge is 0.160 e. The lowest BCUT2D eigenvalue weighted by molar-refractivity contribution is 0.344. The lowest BCUT2D eigenvalue weighted by Crippen LogP contribution is -2.33. The van der Waals surface area contributed by atoms with Gasteiger partial charge in [-0.05, 0) is 37.5 Å². The first kappa shape index (κ1) is 13.2. The molecule has 1 aromatic carbocycles. The summed E-state index contributed by atoms with van der Waals surface area (Å²) in [6, 6.07) is 6.50. The van der Waals surface area contributed by atoms with E-state index in [0.29, 0.717) is 17.8 Å². The molecule has 0 aromatic heterocycles. The largest absolute Gasteiger partial charge is 0.504 e. The first-order valence-corrected chi connectivity index (χ1v) is 6.83. The summed E-state index contributed by atoms with van der Waals surface area (Å²) >= 11 is 0. The minimum atomic E-state index is 0.200. The lowest BCUT2D eigenvalue weighted by atomic mass is 9.94. The van der Waals surface area contributed by atoms with Crippen LogP contribution in [0.2, 0.25) is 0 Å². The van der Waals surface area contributed by atoms with Crippen molar-refractivity contribution in [3.63, 3.8) is 0 Å². The molecule has 0 heterocycles. The minimum absolute atomic E-state index is 0.200. The number of methoxy groups -OCH3 is 1. The van der Waals surface area contributed by atoms with E-state index >= 15 is 0 Å². The number of aromatic hydroxyl groups is 1. The van der Waals surface area contributed by atoms with E-state index in [2.05, 4.69) is 12.2 Å². The highest BCUT2D eigenvalue weighted by molar-refractivity contribution is 5.42. The highest BCUT2D eigenvalue weighted by Gasteiger charge is 2.17. The molecule has 1 aromatic rings. The van der Waals surface area contributed by atoms with E-state index in [9.17, 15) is 5.11 Å². The number of benzene rings is 1. The summed E-state index contributed by atoms with van der Waals surface area (Å²) in [6.07, 6.45) is 6.60. The van der Waals surface area contributed by atoms with E-state index in [1.54, 1.807) is 13.2 Å². The molecule has 2 rings (SSSR count). The molecular weight excluding hydrogens is 226 g/mol. The fourth-order valence-corrected chi connectivity index (χ4v) is 2.68. The molecule has 1 atom stereocenters. The van der Waals surface area contributed by atoms with Crippen LogP contribution in [-0.2, 0) is 0 Å².